The Balaban J connectivity index is 0.960. The number of benzene rings is 3. The van der Waals surface area contributed by atoms with Crippen LogP contribution in [0.15, 0.2) is 72.9 Å². The van der Waals surface area contributed by atoms with Gasteiger partial charge in [-0.1, -0.05) is 37.1 Å². The number of hydrogen-bond acceptors (Lipinski definition) is 8. The Morgan fingerprint density at radius 2 is 1.78 bits per heavy atom. The number of thiazole rings is 1. The molecule has 4 N–H and O–H groups in total. The van der Waals surface area contributed by atoms with Crippen LogP contribution in [0.25, 0.3) is 32.7 Å². The predicted molar refractivity (Wildman–Crippen MR) is 231 cm³/mol. The van der Waals surface area contributed by atoms with Crippen molar-refractivity contribution in [3.05, 3.63) is 140 Å². The summed E-state index contributed by atoms with van der Waals surface area (Å²) in [5, 5.41) is 12.8. The van der Waals surface area contributed by atoms with Crippen LogP contribution < -0.4 is 16.0 Å². The fraction of sp³-hybridized carbons (Fsp3) is 0.292. The minimum atomic E-state index is -5.07. The molecule has 11 nitrogen and oxygen atoms in total. The Morgan fingerprint density at radius 1 is 1.00 bits per heavy atom. The molecule has 0 spiro atoms. The van der Waals surface area contributed by atoms with Crippen LogP contribution in [0.5, 0.6) is 0 Å². The summed E-state index contributed by atoms with van der Waals surface area (Å²) >= 11 is 1.22. The molecule has 19 heteroatoms. The second-order valence-electron chi connectivity index (χ2n) is 17.4. The van der Waals surface area contributed by atoms with Crippen LogP contribution in [0.1, 0.15) is 98.3 Å². The number of halogens is 7. The van der Waals surface area contributed by atoms with E-state index in [0.29, 0.717) is 49.3 Å². The minimum Gasteiger partial charge on any atom is -0.348 e. The maximum atomic E-state index is 15.7. The molecule has 1 unspecified atom stereocenters. The van der Waals surface area contributed by atoms with Gasteiger partial charge in [0.25, 0.3) is 11.8 Å². The first-order valence-corrected chi connectivity index (χ1v) is 22.3. The molecule has 2 aliphatic heterocycles. The average molecular weight is 936 g/mol. The van der Waals surface area contributed by atoms with Crippen molar-refractivity contribution in [2.24, 2.45) is 11.8 Å². The van der Waals surface area contributed by atoms with Crippen LogP contribution in [-0.2, 0) is 36.4 Å². The van der Waals surface area contributed by atoms with Gasteiger partial charge in [0.2, 0.25) is 5.91 Å². The molecule has 1 saturated heterocycles. The summed E-state index contributed by atoms with van der Waals surface area (Å²) in [4.78, 5) is 44.4. The Kier molecular flexibility index (Phi) is 10.1. The first-order valence-electron chi connectivity index (χ1n) is 21.5. The summed E-state index contributed by atoms with van der Waals surface area (Å²) in [6.45, 7) is 1.67. The maximum Gasteiger partial charge on any atom is 0.435 e. The molecule has 5 atom stereocenters. The van der Waals surface area contributed by atoms with Crippen LogP contribution >= 0.6 is 11.3 Å². The largest absolute Gasteiger partial charge is 0.435 e. The average Bonchev–Trinajstić information content (AvgIpc) is 4.03. The van der Waals surface area contributed by atoms with E-state index in [9.17, 15) is 31.5 Å². The highest BCUT2D eigenvalue weighted by Gasteiger charge is 2.72. The third kappa shape index (κ3) is 7.71. The van der Waals surface area contributed by atoms with Crippen LogP contribution in [0.3, 0.4) is 0 Å². The molecular weight excluding hydrogens is 900 g/mol. The highest BCUT2D eigenvalue weighted by atomic mass is 32.1. The minimum absolute atomic E-state index is 0.0681. The molecule has 2 amide bonds. The van der Waals surface area contributed by atoms with E-state index >= 15 is 8.78 Å². The zero-order valence-electron chi connectivity index (χ0n) is 35.2. The van der Waals surface area contributed by atoms with Gasteiger partial charge < -0.3 is 20.9 Å². The van der Waals surface area contributed by atoms with Gasteiger partial charge in [-0.15, -0.1) is 11.3 Å². The van der Waals surface area contributed by atoms with Crippen molar-refractivity contribution in [3.8, 4) is 34.2 Å². The molecule has 1 saturated carbocycles. The molecule has 6 heterocycles. The highest BCUT2D eigenvalue weighted by Crippen LogP contribution is 2.71. The van der Waals surface area contributed by atoms with Gasteiger partial charge in [0.05, 0.1) is 34.4 Å². The van der Waals surface area contributed by atoms with Gasteiger partial charge in [-0.05, 0) is 96.3 Å². The van der Waals surface area contributed by atoms with Crippen molar-refractivity contribution >= 4 is 33.5 Å². The number of rotatable bonds is 9. The fourth-order valence-electron chi connectivity index (χ4n) is 9.89. The van der Waals surface area contributed by atoms with Gasteiger partial charge in [-0.25, -0.2) is 23.7 Å². The lowest BCUT2D eigenvalue weighted by atomic mass is 9.93. The molecule has 0 bridgehead atoms. The van der Waals surface area contributed by atoms with Gasteiger partial charge in [0.15, 0.2) is 16.3 Å². The lowest BCUT2D eigenvalue weighted by molar-refractivity contribution is -0.142. The van der Waals surface area contributed by atoms with E-state index in [1.165, 1.54) is 18.3 Å². The Bertz CT molecular complexity index is 3210. The number of hydrogen-bond donors (Lipinski definition) is 4. The molecule has 0 radical (unpaired) electrons. The number of fused-ring (bicyclic) bond motifs is 5. The Labute approximate surface area is 380 Å². The first kappa shape index (κ1) is 42.7. The van der Waals surface area contributed by atoms with Gasteiger partial charge in [0, 0.05) is 46.7 Å². The number of pyridine rings is 1. The van der Waals surface area contributed by atoms with E-state index in [-0.39, 0.29) is 35.3 Å². The van der Waals surface area contributed by atoms with Crippen molar-refractivity contribution in [1.82, 2.24) is 45.7 Å². The summed E-state index contributed by atoms with van der Waals surface area (Å²) in [5.41, 5.74) is 1.81. The SMILES string of the molecule is C[C@H]1C2[C@H]1c1c(C(F)(F)F)nn(CC(=O)N[C@@H](Cc3cc(F)cc(F)c3)c3nc4nc(C#Cc5ccc(-c6cnc([C@@H]7CCCN7)[nH]6)cc5)sc4cc3-c3ccc4c(c3)C(=O)NC4)c1C2(F)F. The van der Waals surface area contributed by atoms with Crippen LogP contribution in [-0.4, -0.2) is 48.1 Å². The smallest absolute Gasteiger partial charge is 0.348 e. The number of nitrogens with zero attached hydrogens (tertiary/aromatic N) is 5. The predicted octanol–water partition coefficient (Wildman–Crippen LogP) is 8.86. The Hall–Kier alpha value is -6.91. The van der Waals surface area contributed by atoms with E-state index in [4.69, 9.17) is 4.98 Å². The van der Waals surface area contributed by atoms with E-state index in [1.54, 1.807) is 30.5 Å². The number of H-pyrrole nitrogens is 1. The third-order valence-corrected chi connectivity index (χ3v) is 13.9. The third-order valence-electron chi connectivity index (χ3n) is 13.0. The van der Waals surface area contributed by atoms with Crippen molar-refractivity contribution in [2.75, 3.05) is 6.54 Å². The molecule has 7 aromatic rings. The molecular formula is C48H36F7N9O2S. The molecule has 4 aliphatic rings. The van der Waals surface area contributed by atoms with Gasteiger partial charge in [-0.3, -0.25) is 14.3 Å². The number of aromatic nitrogens is 6. The molecule has 3 aromatic carbocycles. The van der Waals surface area contributed by atoms with Crippen molar-refractivity contribution < 1.29 is 40.3 Å². The topological polar surface area (TPSA) is 143 Å². The number of amides is 2. The number of nitrogens with one attached hydrogen (secondary N) is 4. The molecule has 11 rings (SSSR count). The lowest BCUT2D eigenvalue weighted by Gasteiger charge is -2.23. The van der Waals surface area contributed by atoms with E-state index in [2.05, 4.69) is 47.8 Å². The van der Waals surface area contributed by atoms with Crippen LogP contribution in [0.4, 0.5) is 30.7 Å². The number of carbonyl (C=O) groups excluding carboxylic acids is 2. The monoisotopic (exact) mass is 935 g/mol. The van der Waals surface area contributed by atoms with Gasteiger partial charge >= 0.3 is 6.18 Å². The fourth-order valence-corrected chi connectivity index (χ4v) is 10.7. The molecule has 4 aromatic heterocycles. The Morgan fingerprint density at radius 3 is 2.52 bits per heavy atom. The standard InChI is InChI=1S/C48H36F7N9O2S/c1-22-38-39-42(48(53,54)55)63-64(43(39)47(51,52)40(22)38)21-36(65)59-33(15-24-13-28(49)17-29(50)14-24)41-30(26-9-10-27-19-58-46(66)31(27)16-26)18-35-45(62-41)61-37(67-35)11-6-23-4-7-25(8-5-23)34-20-57-44(60-34)32-3-2-12-56-32/h4-5,7-10,13-14,16-18,20,22,32-33,38,40,56H,2-3,12,15,19,21H2,1H3,(H,57,60)(H,58,66)(H,59,65)/t22-,32+,33+,38-,40?/m1/s1. The maximum absolute atomic E-state index is 15.7. The molecule has 2 fully saturated rings. The summed E-state index contributed by atoms with van der Waals surface area (Å²) in [6, 6.07) is 16.2. The summed E-state index contributed by atoms with van der Waals surface area (Å²) in [5.74, 6) is -2.87. The van der Waals surface area contributed by atoms with E-state index < -0.39 is 76.9 Å². The summed E-state index contributed by atoms with van der Waals surface area (Å²) in [6.07, 6.45) is -1.47. The van der Waals surface area contributed by atoms with Crippen molar-refractivity contribution in [2.45, 2.75) is 69.4 Å². The van der Waals surface area contributed by atoms with Crippen molar-refractivity contribution in [1.29, 1.82) is 0 Å². The van der Waals surface area contributed by atoms with Gasteiger partial charge in [0.1, 0.15) is 29.7 Å². The quantitative estimate of drug-likeness (QED) is 0.0837. The van der Waals surface area contributed by atoms with Crippen molar-refractivity contribution in [3.63, 3.8) is 0 Å². The van der Waals surface area contributed by atoms with E-state index in [0.717, 1.165) is 54.2 Å². The van der Waals surface area contributed by atoms with Crippen LogP contribution in [0, 0.1) is 35.3 Å². The highest BCUT2D eigenvalue weighted by molar-refractivity contribution is 7.19. The molecule has 340 valence electrons. The lowest BCUT2D eigenvalue weighted by Crippen LogP contribution is -2.35. The number of alkyl halides is 5. The number of imidazole rings is 1. The number of carbonyl (C=O) groups is 2. The van der Waals surface area contributed by atoms with E-state index in [1.807, 2.05) is 24.3 Å². The molecule has 2 aliphatic carbocycles. The summed E-state index contributed by atoms with van der Waals surface area (Å²) < 4.78 is 105. The number of aromatic amines is 1. The second-order valence-corrected chi connectivity index (χ2v) is 18.4. The normalized spacial score (nSPS) is 20.5. The zero-order valence-corrected chi connectivity index (χ0v) is 36.0. The second kappa shape index (κ2) is 15.9. The zero-order chi connectivity index (χ0) is 46.5. The summed E-state index contributed by atoms with van der Waals surface area (Å²) in [7, 11) is 0. The van der Waals surface area contributed by atoms with Crippen LogP contribution in [0.2, 0.25) is 0 Å². The van der Waals surface area contributed by atoms with Gasteiger partial charge in [-0.2, -0.15) is 27.1 Å². The molecule has 67 heavy (non-hydrogen) atoms. The first-order chi connectivity index (χ1) is 32.1.